The summed E-state index contributed by atoms with van der Waals surface area (Å²) in [6.45, 7) is 15.2. The van der Waals surface area contributed by atoms with Crippen LogP contribution in [0.5, 0.6) is 0 Å². The molecule has 4 N–H and O–H groups in total. The lowest BCUT2D eigenvalue weighted by Crippen LogP contribution is -2.34. The van der Waals surface area contributed by atoms with Gasteiger partial charge in [-0.05, 0) is 131 Å². The first-order valence-electron chi connectivity index (χ1n) is 20.9. The molecule has 7 rings (SSSR count). The molecule has 2 bridgehead atoms. The lowest BCUT2D eigenvalue weighted by molar-refractivity contribution is -0.148. The number of aliphatic carboxylic acids is 1. The monoisotopic (exact) mass is 775 g/mol. The Morgan fingerprint density at radius 1 is 0.912 bits per heavy atom. The Morgan fingerprint density at radius 3 is 2.19 bits per heavy atom. The van der Waals surface area contributed by atoms with Crippen LogP contribution in [-0.2, 0) is 29.6 Å². The molecular weight excluding hydrogens is 715 g/mol. The molecule has 0 spiro atoms. The van der Waals surface area contributed by atoms with Gasteiger partial charge in [0, 0.05) is 63.3 Å². The molecule has 11 heteroatoms. The van der Waals surface area contributed by atoms with Crippen molar-refractivity contribution in [3.63, 3.8) is 0 Å². The predicted octanol–water partition coefficient (Wildman–Crippen LogP) is 7.72. The molecule has 2 aliphatic carbocycles. The summed E-state index contributed by atoms with van der Waals surface area (Å²) in [5, 5.41) is 26.2. The van der Waals surface area contributed by atoms with E-state index in [1.165, 1.54) is 11.3 Å². The van der Waals surface area contributed by atoms with Crippen LogP contribution < -0.4 is 10.6 Å². The molecule has 2 fully saturated rings. The van der Waals surface area contributed by atoms with E-state index in [1.54, 1.807) is 6.92 Å². The number of nitrogens with zero attached hydrogens (tertiary/aromatic N) is 5. The van der Waals surface area contributed by atoms with Crippen molar-refractivity contribution >= 4 is 34.7 Å². The number of fused-ring (bicyclic) bond motifs is 3. The van der Waals surface area contributed by atoms with Gasteiger partial charge in [0.2, 0.25) is 0 Å². The van der Waals surface area contributed by atoms with Crippen molar-refractivity contribution in [1.29, 1.82) is 0 Å². The maximum atomic E-state index is 13.4. The molecule has 2 aromatic carbocycles. The molecule has 0 radical (unpaired) electrons. The minimum absolute atomic E-state index is 0.105. The first-order chi connectivity index (χ1) is 27.4. The summed E-state index contributed by atoms with van der Waals surface area (Å²) in [5.74, 6) is 0.115. The van der Waals surface area contributed by atoms with Gasteiger partial charge in [0.05, 0.1) is 29.1 Å². The standard InChI is InChI=1S/C46H61N7O4/c1-7-10-38(42-49-40-28-52(23-16-41(40)51(42)6)24-21-45-17-19-46(29-45,20-18-45)44(56)57)48-36-13-8-11-34(31(36)3)35-12-9-14-37(32(35)4)50-43(55)33(5)47-39-27-53(25-26-54)22-15-30(39)2/h8-14,48,54H,7,15-29H2,1-6H3,(H,50,55)(H,56,57)/b38-10+,47-33?. The number of carbonyl (C=O) groups is 2. The summed E-state index contributed by atoms with van der Waals surface area (Å²) in [4.78, 5) is 40.1. The van der Waals surface area contributed by atoms with Gasteiger partial charge in [0.1, 0.15) is 5.71 Å². The molecule has 3 aromatic rings. The second-order valence-corrected chi connectivity index (χ2v) is 17.2. The normalized spacial score (nSPS) is 22.9. The van der Waals surface area contributed by atoms with Crippen LogP contribution in [-0.4, -0.2) is 86.5 Å². The average Bonchev–Trinajstić information content (AvgIpc) is 3.88. The molecule has 2 saturated carbocycles. The Morgan fingerprint density at radius 2 is 1.56 bits per heavy atom. The van der Waals surface area contributed by atoms with Gasteiger partial charge in [-0.2, -0.15) is 0 Å². The molecule has 0 atom stereocenters. The first-order valence-corrected chi connectivity index (χ1v) is 20.9. The molecule has 11 nitrogen and oxygen atoms in total. The number of hydrogen-bond acceptors (Lipinski definition) is 8. The maximum Gasteiger partial charge on any atom is 0.309 e. The van der Waals surface area contributed by atoms with Crippen LogP contribution in [0.2, 0.25) is 0 Å². The number of benzene rings is 2. The van der Waals surface area contributed by atoms with Crippen LogP contribution in [0.15, 0.2) is 58.7 Å². The quantitative estimate of drug-likeness (QED) is 0.122. The number of β-amino-alcohol motifs (C(OH)–C–C–N with tert-alkyl or cyclic N) is 1. The minimum Gasteiger partial charge on any atom is -0.481 e. The SMILES string of the molecule is CC/C=C(/Nc1cccc(-c2cccc(NC(=O)C(C)=NC3=C(C)CCN(CCO)C3)c2C)c1C)c1nc2c(n1C)CCN(CCC13CCC(C(=O)O)(CC1)C3)C2. The largest absolute Gasteiger partial charge is 0.481 e. The van der Waals surface area contributed by atoms with E-state index in [-0.39, 0.29) is 17.9 Å². The van der Waals surface area contributed by atoms with Crippen LogP contribution in [0.1, 0.15) is 100 Å². The Labute approximate surface area is 338 Å². The van der Waals surface area contributed by atoms with Gasteiger partial charge >= 0.3 is 5.97 Å². The number of allylic oxidation sites excluding steroid dienone is 1. The topological polar surface area (TPSA) is 135 Å². The molecule has 3 heterocycles. The number of aliphatic hydroxyl groups excluding tert-OH is 1. The molecule has 304 valence electrons. The summed E-state index contributed by atoms with van der Waals surface area (Å²) in [5.41, 5.74) is 11.6. The zero-order valence-corrected chi connectivity index (χ0v) is 34.8. The Balaban J connectivity index is 1.05. The van der Waals surface area contributed by atoms with Gasteiger partial charge in [-0.25, -0.2) is 4.98 Å². The maximum absolute atomic E-state index is 13.4. The molecule has 57 heavy (non-hydrogen) atoms. The number of hydrogen-bond donors (Lipinski definition) is 4. The highest BCUT2D eigenvalue weighted by Gasteiger charge is 2.57. The number of carbonyl (C=O) groups excluding carboxylic acids is 1. The van der Waals surface area contributed by atoms with Crippen molar-refractivity contribution in [1.82, 2.24) is 19.4 Å². The lowest BCUT2D eigenvalue weighted by Gasteiger charge is -2.32. The lowest BCUT2D eigenvalue weighted by atomic mass is 9.80. The summed E-state index contributed by atoms with van der Waals surface area (Å²) < 4.78 is 2.26. The van der Waals surface area contributed by atoms with Crippen LogP contribution in [0.4, 0.5) is 11.4 Å². The van der Waals surface area contributed by atoms with Crippen molar-refractivity contribution in [2.24, 2.45) is 22.9 Å². The third kappa shape index (κ3) is 8.24. The van der Waals surface area contributed by atoms with Crippen LogP contribution in [0, 0.1) is 24.7 Å². The molecule has 1 amide bonds. The molecule has 0 unspecified atom stereocenters. The summed E-state index contributed by atoms with van der Waals surface area (Å²) in [6, 6.07) is 12.3. The fourth-order valence-corrected chi connectivity index (χ4v) is 9.87. The van der Waals surface area contributed by atoms with Gasteiger partial charge in [-0.3, -0.25) is 24.4 Å². The number of rotatable bonds is 14. The Bertz CT molecular complexity index is 2120. The number of aliphatic hydroxyl groups is 1. The third-order valence-electron chi connectivity index (χ3n) is 13.6. The van der Waals surface area contributed by atoms with Crippen molar-refractivity contribution in [2.45, 2.75) is 99.0 Å². The highest BCUT2D eigenvalue weighted by molar-refractivity contribution is 6.42. The molecule has 1 aromatic heterocycles. The highest BCUT2D eigenvalue weighted by Crippen LogP contribution is 2.63. The molecular formula is C46H61N7O4. The van der Waals surface area contributed by atoms with E-state index >= 15 is 0 Å². The second kappa shape index (κ2) is 16.7. The van der Waals surface area contributed by atoms with Crippen LogP contribution in [0.25, 0.3) is 16.8 Å². The zero-order chi connectivity index (χ0) is 40.5. The number of aliphatic imine (C=N–C) groups is 1. The second-order valence-electron chi connectivity index (χ2n) is 17.2. The average molecular weight is 776 g/mol. The highest BCUT2D eigenvalue weighted by atomic mass is 16.4. The summed E-state index contributed by atoms with van der Waals surface area (Å²) >= 11 is 0. The zero-order valence-electron chi connectivity index (χ0n) is 34.8. The van der Waals surface area contributed by atoms with Gasteiger partial charge in [-0.1, -0.05) is 37.3 Å². The minimum atomic E-state index is -0.588. The fraction of sp³-hybridized carbons (Fsp3) is 0.522. The van der Waals surface area contributed by atoms with E-state index in [9.17, 15) is 19.8 Å². The van der Waals surface area contributed by atoms with Gasteiger partial charge in [-0.15, -0.1) is 0 Å². The Hall–Kier alpha value is -4.58. The van der Waals surface area contributed by atoms with E-state index in [0.29, 0.717) is 18.8 Å². The summed E-state index contributed by atoms with van der Waals surface area (Å²) in [6.07, 6.45) is 10.6. The number of amides is 1. The molecule has 4 aliphatic rings. The number of nitrogens with one attached hydrogen (secondary N) is 2. The van der Waals surface area contributed by atoms with Gasteiger partial charge in [0.25, 0.3) is 5.91 Å². The molecule has 2 aliphatic heterocycles. The van der Waals surface area contributed by atoms with Crippen molar-refractivity contribution in [3.05, 3.63) is 82.1 Å². The smallest absolute Gasteiger partial charge is 0.309 e. The van der Waals surface area contributed by atoms with Gasteiger partial charge < -0.3 is 25.4 Å². The van der Waals surface area contributed by atoms with Crippen LogP contribution >= 0.6 is 0 Å². The first kappa shape index (κ1) is 40.6. The van der Waals surface area contributed by atoms with E-state index in [4.69, 9.17) is 9.98 Å². The number of carboxylic acids is 1. The van der Waals surface area contributed by atoms with E-state index in [1.807, 2.05) is 19.1 Å². The van der Waals surface area contributed by atoms with E-state index in [0.717, 1.165) is 141 Å². The van der Waals surface area contributed by atoms with Crippen molar-refractivity contribution in [3.8, 4) is 11.1 Å². The van der Waals surface area contributed by atoms with Crippen molar-refractivity contribution in [2.75, 3.05) is 50.0 Å². The van der Waals surface area contributed by atoms with E-state index < -0.39 is 11.4 Å². The third-order valence-corrected chi connectivity index (χ3v) is 13.6. The Kier molecular flexibility index (Phi) is 11.9. The number of anilines is 2. The fourth-order valence-electron chi connectivity index (χ4n) is 9.87. The number of imidazole rings is 1. The van der Waals surface area contributed by atoms with E-state index in [2.05, 4.69) is 83.2 Å². The van der Waals surface area contributed by atoms with Crippen LogP contribution in [0.3, 0.4) is 0 Å². The number of aromatic nitrogens is 2. The van der Waals surface area contributed by atoms with Crippen molar-refractivity contribution < 1.29 is 19.8 Å². The van der Waals surface area contributed by atoms with Gasteiger partial charge in [0.15, 0.2) is 5.82 Å². The number of carboxylic acid groups (broad SMARTS) is 1. The summed E-state index contributed by atoms with van der Waals surface area (Å²) in [7, 11) is 2.13. The predicted molar refractivity (Wildman–Crippen MR) is 228 cm³/mol. The molecule has 0 saturated heterocycles.